The summed E-state index contributed by atoms with van der Waals surface area (Å²) in [6.07, 6.45) is 3.17. The summed E-state index contributed by atoms with van der Waals surface area (Å²) in [6, 6.07) is 13.3. The van der Waals surface area contributed by atoms with Crippen molar-refractivity contribution in [1.82, 2.24) is 9.91 Å². The van der Waals surface area contributed by atoms with Crippen molar-refractivity contribution in [2.75, 3.05) is 20.7 Å². The first-order valence-electron chi connectivity index (χ1n) is 10.5. The van der Waals surface area contributed by atoms with Crippen LogP contribution in [-0.2, 0) is 9.59 Å². The third kappa shape index (κ3) is 4.31. The van der Waals surface area contributed by atoms with E-state index in [1.54, 1.807) is 32.4 Å². The van der Waals surface area contributed by atoms with Gasteiger partial charge in [0.15, 0.2) is 0 Å². The number of benzene rings is 2. The van der Waals surface area contributed by atoms with Crippen LogP contribution >= 0.6 is 0 Å². The SMILES string of the molecule is COc1cccc(C2=NN(C(=O)CN(C)C(=O)C3CCC3)[C@@H](c3ccccc3F)C2)c1. The monoisotopic (exact) mass is 423 g/mol. The zero-order valence-corrected chi connectivity index (χ0v) is 17.8. The molecule has 6 nitrogen and oxygen atoms in total. The fourth-order valence-corrected chi connectivity index (χ4v) is 4.03. The number of halogens is 1. The van der Waals surface area contributed by atoms with Crippen LogP contribution in [0.3, 0.4) is 0 Å². The van der Waals surface area contributed by atoms with Crippen molar-refractivity contribution in [3.63, 3.8) is 0 Å². The van der Waals surface area contributed by atoms with Gasteiger partial charge in [0.1, 0.15) is 18.1 Å². The largest absolute Gasteiger partial charge is 0.497 e. The molecule has 1 aliphatic heterocycles. The molecule has 1 aliphatic carbocycles. The predicted octanol–water partition coefficient (Wildman–Crippen LogP) is 3.77. The highest BCUT2D eigenvalue weighted by atomic mass is 19.1. The Morgan fingerprint density at radius 2 is 1.97 bits per heavy atom. The number of ether oxygens (including phenoxy) is 1. The maximum absolute atomic E-state index is 14.6. The van der Waals surface area contributed by atoms with E-state index in [2.05, 4.69) is 5.10 Å². The van der Waals surface area contributed by atoms with Crippen molar-refractivity contribution in [3.8, 4) is 5.75 Å². The molecule has 1 fully saturated rings. The normalized spacial score (nSPS) is 18.4. The van der Waals surface area contributed by atoms with E-state index in [-0.39, 0.29) is 30.1 Å². The lowest BCUT2D eigenvalue weighted by atomic mass is 9.84. The number of nitrogens with zero attached hydrogens (tertiary/aromatic N) is 3. The minimum absolute atomic E-state index is 0.00888. The van der Waals surface area contributed by atoms with Crippen LogP contribution in [0.1, 0.15) is 42.9 Å². The Kier molecular flexibility index (Phi) is 6.02. The van der Waals surface area contributed by atoms with Crippen molar-refractivity contribution in [2.24, 2.45) is 11.0 Å². The highest BCUT2D eigenvalue weighted by molar-refractivity contribution is 6.03. The lowest BCUT2D eigenvalue weighted by molar-refractivity contribution is -0.144. The van der Waals surface area contributed by atoms with E-state index >= 15 is 0 Å². The van der Waals surface area contributed by atoms with Gasteiger partial charge < -0.3 is 9.64 Å². The van der Waals surface area contributed by atoms with Crippen LogP contribution in [0, 0.1) is 11.7 Å². The fourth-order valence-electron chi connectivity index (χ4n) is 4.03. The van der Waals surface area contributed by atoms with E-state index in [0.717, 1.165) is 24.8 Å². The maximum atomic E-state index is 14.6. The molecule has 0 saturated heterocycles. The first-order chi connectivity index (χ1) is 15.0. The van der Waals surface area contributed by atoms with Crippen molar-refractivity contribution in [3.05, 3.63) is 65.5 Å². The number of hydrogen-bond donors (Lipinski definition) is 0. The summed E-state index contributed by atoms with van der Waals surface area (Å²) < 4.78 is 19.9. The Morgan fingerprint density at radius 1 is 1.19 bits per heavy atom. The van der Waals surface area contributed by atoms with Crippen LogP contribution in [0.25, 0.3) is 0 Å². The highest BCUT2D eigenvalue weighted by Gasteiger charge is 2.36. The van der Waals surface area contributed by atoms with E-state index in [4.69, 9.17) is 4.74 Å². The third-order valence-electron chi connectivity index (χ3n) is 6.04. The Morgan fingerprint density at radius 3 is 2.65 bits per heavy atom. The predicted molar refractivity (Wildman–Crippen MR) is 115 cm³/mol. The van der Waals surface area contributed by atoms with Gasteiger partial charge in [0.25, 0.3) is 5.91 Å². The molecule has 4 rings (SSSR count). The highest BCUT2D eigenvalue weighted by Crippen LogP contribution is 2.35. The molecule has 7 heteroatoms. The van der Waals surface area contributed by atoms with E-state index in [9.17, 15) is 14.0 Å². The third-order valence-corrected chi connectivity index (χ3v) is 6.04. The van der Waals surface area contributed by atoms with E-state index in [0.29, 0.717) is 23.4 Å². The molecule has 1 heterocycles. The molecular weight excluding hydrogens is 397 g/mol. The molecule has 162 valence electrons. The van der Waals surface area contributed by atoms with Crippen molar-refractivity contribution < 1.29 is 18.7 Å². The van der Waals surface area contributed by atoms with Gasteiger partial charge in [-0.3, -0.25) is 9.59 Å². The second-order valence-electron chi connectivity index (χ2n) is 8.08. The molecule has 2 aliphatic rings. The first kappa shape index (κ1) is 21.0. The average molecular weight is 423 g/mol. The molecule has 0 radical (unpaired) electrons. The van der Waals surface area contributed by atoms with E-state index in [1.807, 2.05) is 24.3 Å². The number of carbonyl (C=O) groups is 2. The minimum atomic E-state index is -0.567. The molecule has 31 heavy (non-hydrogen) atoms. The van der Waals surface area contributed by atoms with Gasteiger partial charge in [-0.15, -0.1) is 0 Å². The van der Waals surface area contributed by atoms with Crippen molar-refractivity contribution in [1.29, 1.82) is 0 Å². The number of methoxy groups -OCH3 is 1. The summed E-state index contributed by atoms with van der Waals surface area (Å²) in [5.74, 6) is -0.0429. The summed E-state index contributed by atoms with van der Waals surface area (Å²) >= 11 is 0. The van der Waals surface area contributed by atoms with Gasteiger partial charge in [-0.2, -0.15) is 5.10 Å². The van der Waals surface area contributed by atoms with Gasteiger partial charge in [0.05, 0.1) is 18.9 Å². The Hall–Kier alpha value is -3.22. The minimum Gasteiger partial charge on any atom is -0.497 e. The van der Waals surface area contributed by atoms with Gasteiger partial charge in [-0.1, -0.05) is 36.8 Å². The lowest BCUT2D eigenvalue weighted by Crippen LogP contribution is -2.43. The molecule has 2 aromatic rings. The number of hydrogen-bond acceptors (Lipinski definition) is 4. The van der Waals surface area contributed by atoms with Crippen molar-refractivity contribution in [2.45, 2.75) is 31.7 Å². The topological polar surface area (TPSA) is 62.2 Å². The van der Waals surface area contributed by atoms with Gasteiger partial charge in [-0.25, -0.2) is 9.40 Å². The molecule has 0 bridgehead atoms. The molecule has 0 unspecified atom stereocenters. The first-order valence-corrected chi connectivity index (χ1v) is 10.5. The summed E-state index contributed by atoms with van der Waals surface area (Å²) in [5, 5.41) is 5.90. The molecule has 0 spiro atoms. The fraction of sp³-hybridized carbons (Fsp3) is 0.375. The van der Waals surface area contributed by atoms with Gasteiger partial charge >= 0.3 is 0 Å². The van der Waals surface area contributed by atoms with E-state index < -0.39 is 6.04 Å². The van der Waals surface area contributed by atoms with Gasteiger partial charge in [0, 0.05) is 30.5 Å². The molecule has 2 aromatic carbocycles. The van der Waals surface area contributed by atoms with Crippen LogP contribution in [0.15, 0.2) is 53.6 Å². The average Bonchev–Trinajstić information content (AvgIpc) is 3.18. The van der Waals surface area contributed by atoms with E-state index in [1.165, 1.54) is 16.0 Å². The second-order valence-corrected chi connectivity index (χ2v) is 8.08. The van der Waals surface area contributed by atoms with Gasteiger partial charge in [-0.05, 0) is 31.0 Å². The van der Waals surface area contributed by atoms with Crippen LogP contribution in [-0.4, -0.2) is 48.1 Å². The number of carbonyl (C=O) groups excluding carboxylic acids is 2. The quantitative estimate of drug-likeness (QED) is 0.711. The number of rotatable bonds is 6. The summed E-state index contributed by atoms with van der Waals surface area (Å²) in [6.45, 7) is -0.0881. The molecular formula is C24H26FN3O3. The van der Waals surface area contributed by atoms with Crippen molar-refractivity contribution >= 4 is 17.5 Å². The lowest BCUT2D eigenvalue weighted by Gasteiger charge is -2.30. The van der Waals surface area contributed by atoms with Crippen LogP contribution in [0.5, 0.6) is 5.75 Å². The van der Waals surface area contributed by atoms with Crippen LogP contribution in [0.2, 0.25) is 0 Å². The van der Waals surface area contributed by atoms with Crippen LogP contribution in [0.4, 0.5) is 4.39 Å². The van der Waals surface area contributed by atoms with Gasteiger partial charge in [0.2, 0.25) is 5.91 Å². The Balaban J connectivity index is 1.61. The maximum Gasteiger partial charge on any atom is 0.262 e. The standard InChI is InChI=1S/C24H26FN3O3/c1-27(24(30)16-7-5-8-16)15-23(29)28-22(19-11-3-4-12-20(19)25)14-21(26-28)17-9-6-10-18(13-17)31-2/h3-4,6,9-13,16,22H,5,7-8,14-15H2,1-2H3/t22-/m1/s1. The zero-order chi connectivity index (χ0) is 22.0. The zero-order valence-electron chi connectivity index (χ0n) is 17.8. The smallest absolute Gasteiger partial charge is 0.262 e. The summed E-state index contributed by atoms with van der Waals surface area (Å²) in [4.78, 5) is 27.1. The number of likely N-dealkylation sites (N-methyl/N-ethyl adjacent to an activating group) is 1. The second kappa shape index (κ2) is 8.88. The summed E-state index contributed by atoms with van der Waals surface area (Å²) in [7, 11) is 3.22. The molecule has 1 atom stereocenters. The summed E-state index contributed by atoms with van der Waals surface area (Å²) in [5.41, 5.74) is 1.90. The molecule has 1 saturated carbocycles. The Labute approximate surface area is 181 Å². The molecule has 0 aromatic heterocycles. The Bertz CT molecular complexity index is 1020. The number of hydrazone groups is 1. The number of amides is 2. The van der Waals surface area contributed by atoms with Crippen LogP contribution < -0.4 is 4.74 Å². The molecule has 0 N–H and O–H groups in total. The molecule has 2 amide bonds.